The first-order valence-electron chi connectivity index (χ1n) is 7.03. The van der Waals surface area contributed by atoms with Crippen molar-refractivity contribution in [1.29, 1.82) is 0 Å². The molecule has 0 bridgehead atoms. The molecule has 0 atom stereocenters. The number of aromatic nitrogens is 4. The zero-order valence-corrected chi connectivity index (χ0v) is 11.9. The van der Waals surface area contributed by atoms with Gasteiger partial charge >= 0.3 is 0 Å². The lowest BCUT2D eigenvalue weighted by Gasteiger charge is -2.32. The fraction of sp³-hybridized carbons (Fsp3) is 0.429. The highest BCUT2D eigenvalue weighted by Crippen LogP contribution is 2.29. The van der Waals surface area contributed by atoms with E-state index in [1.165, 1.54) is 6.33 Å². The summed E-state index contributed by atoms with van der Waals surface area (Å²) in [7, 11) is 0. The summed E-state index contributed by atoms with van der Waals surface area (Å²) in [6, 6.07) is 7.46. The van der Waals surface area contributed by atoms with Gasteiger partial charge in [0.15, 0.2) is 0 Å². The van der Waals surface area contributed by atoms with Crippen molar-refractivity contribution in [2.45, 2.75) is 19.8 Å². The van der Waals surface area contributed by atoms with Crippen molar-refractivity contribution in [3.63, 3.8) is 0 Å². The van der Waals surface area contributed by atoms with E-state index in [9.17, 15) is 4.79 Å². The third-order valence-corrected chi connectivity index (χ3v) is 3.99. The van der Waals surface area contributed by atoms with E-state index in [0.717, 1.165) is 37.3 Å². The third-order valence-electron chi connectivity index (χ3n) is 3.99. The second-order valence-corrected chi connectivity index (χ2v) is 5.57. The van der Waals surface area contributed by atoms with Crippen LogP contribution in [0.5, 0.6) is 0 Å². The van der Waals surface area contributed by atoms with Crippen molar-refractivity contribution in [3.05, 3.63) is 30.6 Å². The Bertz CT molecular complexity index is 601. The second kappa shape index (κ2) is 5.61. The molecular formula is C14H18N6O. The molecule has 2 aromatic rings. The minimum Gasteiger partial charge on any atom is -0.326 e. The number of nitrogens with one attached hydrogen (secondary N) is 2. The molecule has 1 aliphatic rings. The normalized spacial score (nSPS) is 17.4. The van der Waals surface area contributed by atoms with Gasteiger partial charge in [0.05, 0.1) is 5.69 Å². The molecule has 2 heterocycles. The highest BCUT2D eigenvalue weighted by molar-refractivity contribution is 5.95. The summed E-state index contributed by atoms with van der Waals surface area (Å²) in [4.78, 5) is 12.4. The van der Waals surface area contributed by atoms with Gasteiger partial charge in [-0.1, -0.05) is 6.92 Å². The van der Waals surface area contributed by atoms with E-state index in [-0.39, 0.29) is 11.3 Å². The van der Waals surface area contributed by atoms with Gasteiger partial charge < -0.3 is 10.6 Å². The van der Waals surface area contributed by atoms with Gasteiger partial charge in [-0.2, -0.15) is 0 Å². The monoisotopic (exact) mass is 286 g/mol. The fourth-order valence-electron chi connectivity index (χ4n) is 2.46. The summed E-state index contributed by atoms with van der Waals surface area (Å²) < 4.78 is 1.57. The zero-order chi connectivity index (χ0) is 14.7. The molecular weight excluding hydrogens is 268 g/mol. The van der Waals surface area contributed by atoms with Crippen LogP contribution in [0.1, 0.15) is 19.8 Å². The molecule has 110 valence electrons. The van der Waals surface area contributed by atoms with Crippen molar-refractivity contribution >= 4 is 11.6 Å². The summed E-state index contributed by atoms with van der Waals surface area (Å²) in [5, 5.41) is 17.3. The van der Waals surface area contributed by atoms with E-state index in [4.69, 9.17) is 0 Å². The minimum atomic E-state index is -0.292. The number of rotatable bonds is 3. The third kappa shape index (κ3) is 2.92. The maximum Gasteiger partial charge on any atom is 0.230 e. The molecule has 0 saturated carbocycles. The van der Waals surface area contributed by atoms with Gasteiger partial charge in [-0.15, -0.1) is 5.10 Å². The molecule has 1 amide bonds. The number of nitrogens with zero attached hydrogens (tertiary/aromatic N) is 4. The lowest BCUT2D eigenvalue weighted by atomic mass is 9.80. The molecule has 1 fully saturated rings. The first-order chi connectivity index (χ1) is 10.2. The van der Waals surface area contributed by atoms with E-state index in [1.54, 1.807) is 4.68 Å². The lowest BCUT2D eigenvalue weighted by Crippen LogP contribution is -2.42. The van der Waals surface area contributed by atoms with Crippen LogP contribution >= 0.6 is 0 Å². The summed E-state index contributed by atoms with van der Waals surface area (Å²) in [6.45, 7) is 3.81. The number of amides is 1. The Morgan fingerprint density at radius 2 is 2.00 bits per heavy atom. The standard InChI is InChI=1S/C14H18N6O/c1-14(6-8-15-9-7-14)13(21)17-11-2-4-12(5-3-11)20-10-16-18-19-20/h2-5,10,15H,6-9H2,1H3,(H,17,21). The topological polar surface area (TPSA) is 84.7 Å². The van der Waals surface area contributed by atoms with Crippen LogP contribution in [0.4, 0.5) is 5.69 Å². The van der Waals surface area contributed by atoms with Gasteiger partial charge in [0, 0.05) is 11.1 Å². The molecule has 0 radical (unpaired) electrons. The van der Waals surface area contributed by atoms with Gasteiger partial charge in [-0.25, -0.2) is 4.68 Å². The Kier molecular flexibility index (Phi) is 3.66. The van der Waals surface area contributed by atoms with E-state index < -0.39 is 0 Å². The van der Waals surface area contributed by atoms with Crippen LogP contribution in [-0.4, -0.2) is 39.2 Å². The summed E-state index contributed by atoms with van der Waals surface area (Å²) >= 11 is 0. The smallest absolute Gasteiger partial charge is 0.230 e. The Hall–Kier alpha value is -2.28. The molecule has 1 aromatic carbocycles. The van der Waals surface area contributed by atoms with Gasteiger partial charge in [0.25, 0.3) is 0 Å². The molecule has 1 saturated heterocycles. The van der Waals surface area contributed by atoms with Crippen LogP contribution in [0.2, 0.25) is 0 Å². The van der Waals surface area contributed by atoms with Gasteiger partial charge in [0.2, 0.25) is 5.91 Å². The quantitative estimate of drug-likeness (QED) is 0.879. The number of carbonyl (C=O) groups is 1. The van der Waals surface area contributed by atoms with Crippen molar-refractivity contribution in [3.8, 4) is 5.69 Å². The maximum absolute atomic E-state index is 12.4. The number of anilines is 1. The van der Waals surface area contributed by atoms with Gasteiger partial charge in [-0.3, -0.25) is 4.79 Å². The SMILES string of the molecule is CC1(C(=O)Nc2ccc(-n3cnnn3)cc2)CCNCC1. The first kappa shape index (κ1) is 13.7. The Morgan fingerprint density at radius 3 is 2.62 bits per heavy atom. The Labute approximate surface area is 122 Å². The number of carbonyl (C=O) groups excluding carboxylic acids is 1. The molecule has 21 heavy (non-hydrogen) atoms. The summed E-state index contributed by atoms with van der Waals surface area (Å²) in [5.74, 6) is 0.0826. The van der Waals surface area contributed by atoms with Crippen LogP contribution in [0.25, 0.3) is 5.69 Å². The number of benzene rings is 1. The maximum atomic E-state index is 12.4. The van der Waals surface area contributed by atoms with Crippen molar-refractivity contribution in [1.82, 2.24) is 25.5 Å². The molecule has 1 aromatic heterocycles. The highest BCUT2D eigenvalue weighted by atomic mass is 16.2. The molecule has 1 aliphatic heterocycles. The van der Waals surface area contributed by atoms with Crippen molar-refractivity contribution < 1.29 is 4.79 Å². The largest absolute Gasteiger partial charge is 0.326 e. The van der Waals surface area contributed by atoms with E-state index in [0.29, 0.717) is 0 Å². The van der Waals surface area contributed by atoms with Crippen LogP contribution in [0.15, 0.2) is 30.6 Å². The van der Waals surface area contributed by atoms with E-state index in [2.05, 4.69) is 26.2 Å². The first-order valence-corrected chi connectivity index (χ1v) is 7.03. The van der Waals surface area contributed by atoms with Crippen LogP contribution < -0.4 is 10.6 Å². The fourth-order valence-corrected chi connectivity index (χ4v) is 2.46. The predicted molar refractivity (Wildman–Crippen MR) is 78.0 cm³/mol. The minimum absolute atomic E-state index is 0.0826. The predicted octanol–water partition coefficient (Wildman–Crippen LogP) is 0.990. The van der Waals surface area contributed by atoms with Gasteiger partial charge in [0.1, 0.15) is 6.33 Å². The van der Waals surface area contributed by atoms with Crippen LogP contribution in [0, 0.1) is 5.41 Å². The molecule has 0 aliphatic carbocycles. The van der Waals surface area contributed by atoms with Crippen molar-refractivity contribution in [2.24, 2.45) is 5.41 Å². The average Bonchev–Trinajstić information content (AvgIpc) is 3.03. The lowest BCUT2D eigenvalue weighted by molar-refractivity contribution is -0.126. The summed E-state index contributed by atoms with van der Waals surface area (Å²) in [6.07, 6.45) is 3.26. The van der Waals surface area contributed by atoms with Crippen LogP contribution in [0.3, 0.4) is 0 Å². The van der Waals surface area contributed by atoms with Crippen LogP contribution in [-0.2, 0) is 4.79 Å². The second-order valence-electron chi connectivity index (χ2n) is 5.57. The average molecular weight is 286 g/mol. The van der Waals surface area contributed by atoms with E-state index in [1.807, 2.05) is 31.2 Å². The number of hydrogen-bond donors (Lipinski definition) is 2. The molecule has 3 rings (SSSR count). The zero-order valence-electron chi connectivity index (χ0n) is 11.9. The van der Waals surface area contributed by atoms with Crippen molar-refractivity contribution in [2.75, 3.05) is 18.4 Å². The Morgan fingerprint density at radius 1 is 1.29 bits per heavy atom. The summed E-state index contributed by atoms with van der Waals surface area (Å²) in [5.41, 5.74) is 1.35. The Balaban J connectivity index is 1.69. The molecule has 2 N–H and O–H groups in total. The molecule has 7 nitrogen and oxygen atoms in total. The molecule has 0 spiro atoms. The van der Waals surface area contributed by atoms with Gasteiger partial charge in [-0.05, 0) is 60.6 Å². The molecule has 7 heteroatoms. The van der Waals surface area contributed by atoms with E-state index >= 15 is 0 Å². The highest BCUT2D eigenvalue weighted by Gasteiger charge is 2.34. The number of piperidine rings is 1. The number of hydrogen-bond acceptors (Lipinski definition) is 5. The molecule has 0 unspecified atom stereocenters. The number of tetrazole rings is 1.